The van der Waals surface area contributed by atoms with E-state index in [2.05, 4.69) is 229 Å². The molecule has 8 aromatic carbocycles. The number of aromatic nitrogens is 12. The van der Waals surface area contributed by atoms with Crippen molar-refractivity contribution in [3.05, 3.63) is 410 Å². The Hall–Kier alpha value is -13.5. The molecule has 0 aliphatic rings. The van der Waals surface area contributed by atoms with Crippen LogP contribution in [0.4, 0.5) is 0 Å². The largest absolute Gasteiger partial charge is 0.306 e. The van der Waals surface area contributed by atoms with Crippen molar-refractivity contribution in [3.63, 3.8) is 0 Å². The SMILES string of the molecule is CCc1ccc(-c2ncn3ccccc23)cc1.Cc1cc(C)cc(-c2ncn3ccccc23)c1.Cc1ccc(-c2ncn3ccccc23)cc1.Cc1cccc(-c2ncn3ccccc23)c1.Cc1nc(-c2ccccc2)n2cc(Cl)c(-c3ccc(-c4ccccc4)cc3)c(Cl)c12.c1ccc(-c2ncn3ccccc23)cc1. The monoisotopic (exact) mass is 1480 g/mol. The summed E-state index contributed by atoms with van der Waals surface area (Å²) in [5, 5.41) is 1.21. The molecule has 12 nitrogen and oxygen atoms in total. The number of hydrogen-bond acceptors (Lipinski definition) is 6. The highest BCUT2D eigenvalue weighted by atomic mass is 35.5. The molecule has 0 unspecified atom stereocenters. The number of benzene rings is 8. The summed E-state index contributed by atoms with van der Waals surface area (Å²) in [5.74, 6) is 0.831. The van der Waals surface area contributed by atoms with Gasteiger partial charge in [0.15, 0.2) is 0 Å². The highest BCUT2D eigenvalue weighted by Gasteiger charge is 2.20. The third-order valence-electron chi connectivity index (χ3n) is 19.3. The fraction of sp³-hybridized carbons (Fsp3) is 0.0722. The lowest BCUT2D eigenvalue weighted by Crippen LogP contribution is -1.93. The first kappa shape index (κ1) is 73.0. The topological polar surface area (TPSA) is 104 Å². The Labute approximate surface area is 655 Å². The summed E-state index contributed by atoms with van der Waals surface area (Å²) >= 11 is 13.6. The van der Waals surface area contributed by atoms with Gasteiger partial charge in [0.1, 0.15) is 5.82 Å². The number of pyridine rings is 6. The number of nitrogens with zero attached hydrogens (tertiary/aromatic N) is 12. The smallest absolute Gasteiger partial charge is 0.144 e. The number of fused-ring (bicyclic) bond motifs is 6. The van der Waals surface area contributed by atoms with Crippen molar-refractivity contribution in [1.82, 2.24) is 56.3 Å². The van der Waals surface area contributed by atoms with Crippen LogP contribution < -0.4 is 0 Å². The van der Waals surface area contributed by atoms with E-state index >= 15 is 0 Å². The summed E-state index contributed by atoms with van der Waals surface area (Å²) in [6.45, 7) is 12.6. The summed E-state index contributed by atoms with van der Waals surface area (Å²) in [6.07, 6.45) is 22.3. The Morgan fingerprint density at radius 2 is 0.631 bits per heavy atom. The van der Waals surface area contributed by atoms with Crippen LogP contribution in [0.15, 0.2) is 366 Å². The van der Waals surface area contributed by atoms with Crippen LogP contribution in [0.1, 0.15) is 40.4 Å². The van der Waals surface area contributed by atoms with Crippen molar-refractivity contribution in [3.8, 4) is 89.9 Å². The molecule has 0 saturated carbocycles. The third-order valence-corrected chi connectivity index (χ3v) is 20.0. The van der Waals surface area contributed by atoms with Gasteiger partial charge in [0.2, 0.25) is 0 Å². The first-order valence-electron chi connectivity index (χ1n) is 36.9. The first-order chi connectivity index (χ1) is 54.4. The fourth-order valence-corrected chi connectivity index (χ4v) is 14.6. The lowest BCUT2D eigenvalue weighted by molar-refractivity contribution is 1.14. The fourth-order valence-electron chi connectivity index (χ4n) is 13.8. The maximum atomic E-state index is 6.90. The number of imidazole rings is 6. The molecule has 0 amide bonds. The van der Waals surface area contributed by atoms with E-state index in [1.165, 1.54) is 55.6 Å². The third kappa shape index (κ3) is 16.5. The molecule has 20 rings (SSSR count). The molecule has 12 aromatic heterocycles. The average molecular weight is 1480 g/mol. The van der Waals surface area contributed by atoms with Crippen LogP contribution in [0.5, 0.6) is 0 Å². The van der Waals surface area contributed by atoms with E-state index in [-0.39, 0.29) is 0 Å². The van der Waals surface area contributed by atoms with Gasteiger partial charge in [-0.2, -0.15) is 0 Å². The van der Waals surface area contributed by atoms with Crippen LogP contribution in [0.2, 0.25) is 10.0 Å². The molecular formula is C97H80Cl2N12. The van der Waals surface area contributed by atoms with E-state index in [9.17, 15) is 0 Å². The number of aryl methyl sites for hydroxylation is 6. The van der Waals surface area contributed by atoms with Gasteiger partial charge in [-0.05, 0) is 142 Å². The Kier molecular flexibility index (Phi) is 22.2. The molecule has 0 bridgehead atoms. The van der Waals surface area contributed by atoms with Crippen molar-refractivity contribution in [2.45, 2.75) is 48.0 Å². The second-order valence-corrected chi connectivity index (χ2v) is 28.0. The van der Waals surface area contributed by atoms with Crippen LogP contribution in [-0.2, 0) is 6.42 Å². The minimum Gasteiger partial charge on any atom is -0.306 e. The van der Waals surface area contributed by atoms with Crippen molar-refractivity contribution in [1.29, 1.82) is 0 Å². The maximum Gasteiger partial charge on any atom is 0.144 e. The summed E-state index contributed by atoms with van der Waals surface area (Å²) in [5.41, 5.74) is 30.2. The molecule has 111 heavy (non-hydrogen) atoms. The van der Waals surface area contributed by atoms with Crippen molar-refractivity contribution in [2.75, 3.05) is 0 Å². The second kappa shape index (κ2) is 33.7. The Morgan fingerprint density at radius 3 is 1.06 bits per heavy atom. The van der Waals surface area contributed by atoms with Crippen LogP contribution in [0.3, 0.4) is 0 Å². The van der Waals surface area contributed by atoms with Crippen molar-refractivity contribution < 1.29 is 0 Å². The highest BCUT2D eigenvalue weighted by molar-refractivity contribution is 6.41. The summed E-state index contributed by atoms with van der Waals surface area (Å²) in [4.78, 5) is 27.1. The molecule has 12 heterocycles. The minimum absolute atomic E-state index is 0.592. The van der Waals surface area contributed by atoms with E-state index in [4.69, 9.17) is 28.2 Å². The highest BCUT2D eigenvalue weighted by Crippen LogP contribution is 2.41. The maximum absolute atomic E-state index is 6.90. The first-order valence-corrected chi connectivity index (χ1v) is 37.7. The molecule has 20 aromatic rings. The number of rotatable bonds is 9. The molecule has 0 spiro atoms. The van der Waals surface area contributed by atoms with Crippen LogP contribution in [-0.4, -0.2) is 56.3 Å². The molecule has 0 N–H and O–H groups in total. The zero-order valence-corrected chi connectivity index (χ0v) is 64.0. The minimum atomic E-state index is 0.592. The molecule has 0 saturated heterocycles. The summed E-state index contributed by atoms with van der Waals surface area (Å²) in [7, 11) is 0. The Morgan fingerprint density at radius 1 is 0.288 bits per heavy atom. The summed E-state index contributed by atoms with van der Waals surface area (Å²) in [6, 6.07) is 102. The molecule has 542 valence electrons. The predicted molar refractivity (Wildman–Crippen MR) is 458 cm³/mol. The lowest BCUT2D eigenvalue weighted by atomic mass is 10.0. The van der Waals surface area contributed by atoms with E-state index in [1.54, 1.807) is 0 Å². The van der Waals surface area contributed by atoms with Crippen molar-refractivity contribution in [2.24, 2.45) is 0 Å². The van der Waals surface area contributed by atoms with Crippen LogP contribution >= 0.6 is 23.2 Å². The number of halogens is 2. The van der Waals surface area contributed by atoms with Crippen molar-refractivity contribution >= 4 is 56.3 Å². The normalized spacial score (nSPS) is 10.9. The van der Waals surface area contributed by atoms with Crippen LogP contribution in [0.25, 0.3) is 123 Å². The van der Waals surface area contributed by atoms with E-state index < -0.39 is 0 Å². The molecule has 0 atom stereocenters. The molecule has 0 radical (unpaired) electrons. The summed E-state index contributed by atoms with van der Waals surface area (Å²) < 4.78 is 12.2. The zero-order chi connectivity index (χ0) is 76.2. The van der Waals surface area contributed by atoms with Gasteiger partial charge in [0.05, 0.1) is 109 Å². The molecule has 0 fully saturated rings. The quantitative estimate of drug-likeness (QED) is 0.143. The van der Waals surface area contributed by atoms with Gasteiger partial charge in [0.25, 0.3) is 0 Å². The van der Waals surface area contributed by atoms with E-state index in [0.717, 1.165) is 107 Å². The average Bonchev–Trinajstić information content (AvgIpc) is 1.60. The standard InChI is InChI=1S/C26H18Cl2N2.2C15H14N2.2C14H12N2.C13H10N2/c1-17-25-24(28)23(20-14-12-19(13-15-20)18-8-4-2-5-9-18)22(27)16-30(25)26(29-17)21-10-6-3-7-11-21;1-11-7-12(2)9-13(8-11)15-14-5-3-4-6-17(14)10-16-15;1-2-12-6-8-13(9-7-12)15-14-5-3-4-10-17(14)11-16-15;1-11-5-4-6-12(9-11)14-13-7-2-3-8-16(13)10-15-14;1-11-5-7-12(8-6-11)14-13-4-2-3-9-16(13)10-15-14;1-2-6-11(7-3-1)13-12-8-4-5-9-15(12)10-14-13/h2-16H,1H3;3-10H,1-2H3;3-11H,2H2,1H3;2*2-10H,1H3;1-10H. The molecule has 0 aliphatic carbocycles. The molecular weight excluding hydrogens is 1400 g/mol. The zero-order valence-electron chi connectivity index (χ0n) is 62.5. The number of hydrogen-bond donors (Lipinski definition) is 0. The Balaban J connectivity index is 0.000000108. The molecule has 14 heteroatoms. The van der Waals surface area contributed by atoms with E-state index in [0.29, 0.717) is 10.0 Å². The van der Waals surface area contributed by atoms with Gasteiger partial charge in [-0.1, -0.05) is 271 Å². The van der Waals surface area contributed by atoms with E-state index in [1.807, 2.05) is 230 Å². The van der Waals surface area contributed by atoms with Gasteiger partial charge in [-0.3, -0.25) is 4.40 Å². The van der Waals surface area contributed by atoms with Gasteiger partial charge >= 0.3 is 0 Å². The predicted octanol–water partition coefficient (Wildman–Crippen LogP) is 24.8. The lowest BCUT2D eigenvalue weighted by Gasteiger charge is -2.12. The Bertz CT molecular complexity index is 6490. The van der Waals surface area contributed by atoms with Crippen LogP contribution in [0, 0.1) is 34.6 Å². The van der Waals surface area contributed by atoms with Gasteiger partial charge in [-0.25, -0.2) is 29.9 Å². The van der Waals surface area contributed by atoms with Gasteiger partial charge in [-0.15, -0.1) is 0 Å². The molecule has 0 aliphatic heterocycles. The van der Waals surface area contributed by atoms with Gasteiger partial charge in [0, 0.05) is 76.1 Å². The van der Waals surface area contributed by atoms with Gasteiger partial charge < -0.3 is 22.0 Å². The second-order valence-electron chi connectivity index (χ2n) is 27.2.